The highest BCUT2D eigenvalue weighted by Gasteiger charge is 2.04. The van der Waals surface area contributed by atoms with Gasteiger partial charge in [-0.15, -0.1) is 0 Å². The maximum atomic E-state index is 12.8. The highest BCUT2D eigenvalue weighted by atomic mass is 19.1. The molecule has 2 rings (SSSR count). The van der Waals surface area contributed by atoms with E-state index < -0.39 is 5.82 Å². The van der Waals surface area contributed by atoms with Crippen molar-refractivity contribution < 1.29 is 9.13 Å². The first kappa shape index (κ1) is 11.4. The molecule has 0 aliphatic rings. The Hall–Kier alpha value is -2.11. The van der Waals surface area contributed by atoms with Crippen LogP contribution in [-0.2, 0) is 6.61 Å². The summed E-state index contributed by atoms with van der Waals surface area (Å²) in [6, 6.07) is 7.24. The number of ether oxygens (including phenoxy) is 1. The highest BCUT2D eigenvalue weighted by Crippen LogP contribution is 2.10. The smallest absolute Gasteiger partial charge is 0.318 e. The fourth-order valence-electron chi connectivity index (χ4n) is 1.26. The zero-order valence-electron chi connectivity index (χ0n) is 8.93. The minimum atomic E-state index is -0.665. The number of nitrogen functional groups attached to an aromatic ring is 1. The van der Waals surface area contributed by atoms with Gasteiger partial charge in [0.05, 0.1) is 6.20 Å². The molecular formula is C11H9BFN3O. The van der Waals surface area contributed by atoms with Crippen LogP contribution in [0.5, 0.6) is 6.01 Å². The molecule has 1 heterocycles. The molecule has 4 nitrogen and oxygen atoms in total. The Labute approximate surface area is 99.1 Å². The van der Waals surface area contributed by atoms with Gasteiger partial charge in [-0.25, -0.2) is 9.37 Å². The monoisotopic (exact) mass is 229 g/mol. The van der Waals surface area contributed by atoms with E-state index in [4.69, 9.17) is 18.3 Å². The van der Waals surface area contributed by atoms with Crippen molar-refractivity contribution >= 4 is 19.1 Å². The lowest BCUT2D eigenvalue weighted by Gasteiger charge is -2.05. The van der Waals surface area contributed by atoms with Gasteiger partial charge in [0, 0.05) is 0 Å². The minimum Gasteiger partial charge on any atom is -0.459 e. The fraction of sp³-hybridized carbons (Fsp3) is 0.0909. The molecule has 0 bridgehead atoms. The van der Waals surface area contributed by atoms with Crippen LogP contribution in [0.25, 0.3) is 0 Å². The third-order valence-corrected chi connectivity index (χ3v) is 2.07. The average molecular weight is 229 g/mol. The van der Waals surface area contributed by atoms with Crippen LogP contribution in [0, 0.1) is 5.82 Å². The van der Waals surface area contributed by atoms with Crippen LogP contribution in [0.1, 0.15) is 5.56 Å². The zero-order chi connectivity index (χ0) is 12.3. The highest BCUT2D eigenvalue weighted by molar-refractivity contribution is 6.32. The molecule has 2 N–H and O–H groups in total. The third kappa shape index (κ3) is 2.93. The first-order chi connectivity index (χ1) is 8.15. The van der Waals surface area contributed by atoms with Crippen LogP contribution in [0.2, 0.25) is 0 Å². The molecule has 2 aromatic rings. The van der Waals surface area contributed by atoms with Gasteiger partial charge >= 0.3 is 6.01 Å². The standard InChI is InChI=1S/C11H9BFN3O/c12-8-3-1-2-7(4-8)6-17-11-15-5-9(13)10(14)16-11/h1-5H,6H2,(H2,14,15,16). The average Bonchev–Trinajstić information content (AvgIpc) is 2.31. The second-order valence-corrected chi connectivity index (χ2v) is 3.42. The first-order valence-corrected chi connectivity index (χ1v) is 4.90. The summed E-state index contributed by atoms with van der Waals surface area (Å²) in [6.07, 6.45) is 0.969. The molecule has 0 aliphatic carbocycles. The van der Waals surface area contributed by atoms with E-state index in [0.717, 1.165) is 11.8 Å². The topological polar surface area (TPSA) is 61.0 Å². The molecule has 17 heavy (non-hydrogen) atoms. The number of benzene rings is 1. The summed E-state index contributed by atoms with van der Waals surface area (Å²) in [5.74, 6) is -0.899. The number of hydrogen-bond donors (Lipinski definition) is 1. The lowest BCUT2D eigenvalue weighted by molar-refractivity contribution is 0.280. The van der Waals surface area contributed by atoms with Gasteiger partial charge in [0.1, 0.15) is 14.5 Å². The van der Waals surface area contributed by atoms with Crippen molar-refractivity contribution in [2.24, 2.45) is 0 Å². The largest absolute Gasteiger partial charge is 0.459 e. The molecule has 0 saturated heterocycles. The Balaban J connectivity index is 2.05. The zero-order valence-corrected chi connectivity index (χ0v) is 8.93. The molecule has 0 amide bonds. The van der Waals surface area contributed by atoms with Gasteiger partial charge in [0.15, 0.2) is 11.6 Å². The number of anilines is 1. The Bertz CT molecular complexity index is 536. The summed E-state index contributed by atoms with van der Waals surface area (Å²) in [6.45, 7) is 0.246. The molecule has 0 unspecified atom stereocenters. The van der Waals surface area contributed by atoms with E-state index >= 15 is 0 Å². The van der Waals surface area contributed by atoms with E-state index in [1.54, 1.807) is 12.1 Å². The van der Waals surface area contributed by atoms with E-state index in [1.807, 2.05) is 12.1 Å². The normalized spacial score (nSPS) is 10.2. The van der Waals surface area contributed by atoms with Gasteiger partial charge in [-0.05, 0) is 5.56 Å². The van der Waals surface area contributed by atoms with Gasteiger partial charge in [0.2, 0.25) is 0 Å². The summed E-state index contributed by atoms with van der Waals surface area (Å²) in [7, 11) is 5.62. The number of nitrogens with two attached hydrogens (primary N) is 1. The van der Waals surface area contributed by atoms with Gasteiger partial charge < -0.3 is 10.5 Å². The molecule has 1 aromatic heterocycles. The van der Waals surface area contributed by atoms with Crippen molar-refractivity contribution in [3.8, 4) is 6.01 Å². The van der Waals surface area contributed by atoms with Crippen molar-refractivity contribution in [3.63, 3.8) is 0 Å². The molecular weight excluding hydrogens is 220 g/mol. The number of rotatable bonds is 3. The van der Waals surface area contributed by atoms with E-state index in [2.05, 4.69) is 9.97 Å². The fourth-order valence-corrected chi connectivity index (χ4v) is 1.26. The first-order valence-electron chi connectivity index (χ1n) is 4.90. The molecule has 0 aliphatic heterocycles. The molecule has 0 atom stereocenters. The predicted octanol–water partition coefficient (Wildman–Crippen LogP) is 0.571. The number of halogens is 1. The molecule has 1 aromatic carbocycles. The van der Waals surface area contributed by atoms with E-state index in [1.165, 1.54) is 0 Å². The molecule has 6 heteroatoms. The molecule has 0 spiro atoms. The molecule has 0 fully saturated rings. The van der Waals surface area contributed by atoms with Crippen molar-refractivity contribution in [2.45, 2.75) is 6.61 Å². The minimum absolute atomic E-state index is 0.0336. The van der Waals surface area contributed by atoms with Crippen LogP contribution < -0.4 is 15.9 Å². The maximum Gasteiger partial charge on any atom is 0.318 e. The summed E-state index contributed by atoms with van der Waals surface area (Å²) in [5.41, 5.74) is 6.80. The van der Waals surface area contributed by atoms with E-state index in [0.29, 0.717) is 5.46 Å². The van der Waals surface area contributed by atoms with Gasteiger partial charge in [-0.2, -0.15) is 4.98 Å². The lowest BCUT2D eigenvalue weighted by Crippen LogP contribution is -2.06. The maximum absolute atomic E-state index is 12.8. The quantitative estimate of drug-likeness (QED) is 0.781. The van der Waals surface area contributed by atoms with Gasteiger partial charge in [-0.3, -0.25) is 0 Å². The van der Waals surface area contributed by atoms with Crippen LogP contribution in [0.4, 0.5) is 10.2 Å². The second-order valence-electron chi connectivity index (χ2n) is 3.42. The van der Waals surface area contributed by atoms with Gasteiger partial charge in [-0.1, -0.05) is 29.7 Å². The molecule has 0 saturated carbocycles. The van der Waals surface area contributed by atoms with Crippen LogP contribution >= 0.6 is 0 Å². The second kappa shape index (κ2) is 4.82. The van der Waals surface area contributed by atoms with Crippen LogP contribution in [-0.4, -0.2) is 17.8 Å². The summed E-state index contributed by atoms with van der Waals surface area (Å²) in [5, 5.41) is 0. The Morgan fingerprint density at radius 3 is 2.94 bits per heavy atom. The van der Waals surface area contributed by atoms with Crippen LogP contribution in [0.15, 0.2) is 30.5 Å². The number of hydrogen-bond acceptors (Lipinski definition) is 4. The van der Waals surface area contributed by atoms with Gasteiger partial charge in [0.25, 0.3) is 0 Å². The lowest BCUT2D eigenvalue weighted by atomic mass is 9.95. The molecule has 84 valence electrons. The van der Waals surface area contributed by atoms with E-state index in [9.17, 15) is 4.39 Å². The summed E-state index contributed by atoms with van der Waals surface area (Å²) < 4.78 is 18.1. The Kier molecular flexibility index (Phi) is 3.23. The predicted molar refractivity (Wildman–Crippen MR) is 62.6 cm³/mol. The van der Waals surface area contributed by atoms with Crippen molar-refractivity contribution in [1.29, 1.82) is 0 Å². The third-order valence-electron chi connectivity index (χ3n) is 2.07. The number of nitrogens with zero attached hydrogens (tertiary/aromatic N) is 2. The summed E-state index contributed by atoms with van der Waals surface area (Å²) in [4.78, 5) is 7.31. The Morgan fingerprint density at radius 2 is 2.24 bits per heavy atom. The van der Waals surface area contributed by atoms with Crippen molar-refractivity contribution in [2.75, 3.05) is 5.73 Å². The number of aromatic nitrogens is 2. The van der Waals surface area contributed by atoms with Crippen molar-refractivity contribution in [3.05, 3.63) is 41.8 Å². The Morgan fingerprint density at radius 1 is 1.41 bits per heavy atom. The van der Waals surface area contributed by atoms with Crippen molar-refractivity contribution in [1.82, 2.24) is 9.97 Å². The van der Waals surface area contributed by atoms with E-state index in [-0.39, 0.29) is 18.4 Å². The van der Waals surface area contributed by atoms with Crippen LogP contribution in [0.3, 0.4) is 0 Å². The molecule has 2 radical (unpaired) electrons. The summed E-state index contributed by atoms with van der Waals surface area (Å²) >= 11 is 0. The SMILES string of the molecule is [B]c1cccc(COc2ncc(F)c(N)n2)c1.